The van der Waals surface area contributed by atoms with Gasteiger partial charge in [-0.15, -0.1) is 0 Å². The second-order valence-corrected chi connectivity index (χ2v) is 4.28. The largest absolute Gasteiger partial charge is 0.469 e. The second kappa shape index (κ2) is 8.72. The van der Waals surface area contributed by atoms with Gasteiger partial charge in [0, 0.05) is 12.5 Å². The minimum Gasteiger partial charge on any atom is -0.469 e. The summed E-state index contributed by atoms with van der Waals surface area (Å²) in [6.07, 6.45) is 3.81. The van der Waals surface area contributed by atoms with Crippen LogP contribution in [-0.2, 0) is 9.53 Å². The summed E-state index contributed by atoms with van der Waals surface area (Å²) in [6.45, 7) is 7.58. The highest BCUT2D eigenvalue weighted by atomic mass is 16.5. The molecule has 0 spiro atoms. The standard InChI is InChI=1S/C12H25NO2/c1-5-10(2)9-11(3)13-8-6-7-12(14)15-4/h10-11,13H,5-9H2,1-4H3. The van der Waals surface area contributed by atoms with E-state index < -0.39 is 0 Å². The Hall–Kier alpha value is -0.570. The van der Waals surface area contributed by atoms with Gasteiger partial charge in [0.15, 0.2) is 0 Å². The van der Waals surface area contributed by atoms with Crippen LogP contribution in [0.4, 0.5) is 0 Å². The fraction of sp³-hybridized carbons (Fsp3) is 0.917. The number of carbonyl (C=O) groups excluding carboxylic acids is 1. The van der Waals surface area contributed by atoms with Gasteiger partial charge in [-0.3, -0.25) is 4.79 Å². The Labute approximate surface area is 93.6 Å². The smallest absolute Gasteiger partial charge is 0.305 e. The van der Waals surface area contributed by atoms with E-state index in [1.54, 1.807) is 0 Å². The van der Waals surface area contributed by atoms with Crippen LogP contribution in [0.25, 0.3) is 0 Å². The molecule has 0 saturated carbocycles. The van der Waals surface area contributed by atoms with Crippen LogP contribution in [0.1, 0.15) is 46.5 Å². The zero-order chi connectivity index (χ0) is 11.7. The molecule has 90 valence electrons. The van der Waals surface area contributed by atoms with Crippen molar-refractivity contribution >= 4 is 5.97 Å². The highest BCUT2D eigenvalue weighted by Crippen LogP contribution is 2.09. The monoisotopic (exact) mass is 215 g/mol. The van der Waals surface area contributed by atoms with Crippen LogP contribution >= 0.6 is 0 Å². The van der Waals surface area contributed by atoms with Gasteiger partial charge in [-0.2, -0.15) is 0 Å². The number of hydrogen-bond acceptors (Lipinski definition) is 3. The van der Waals surface area contributed by atoms with Gasteiger partial charge in [-0.1, -0.05) is 20.3 Å². The first-order valence-corrected chi connectivity index (χ1v) is 5.90. The molecule has 0 rings (SSSR count). The molecule has 3 nitrogen and oxygen atoms in total. The first-order chi connectivity index (χ1) is 7.10. The maximum atomic E-state index is 10.8. The van der Waals surface area contributed by atoms with E-state index in [0.717, 1.165) is 18.9 Å². The molecule has 0 aliphatic heterocycles. The molecule has 2 unspecified atom stereocenters. The van der Waals surface area contributed by atoms with Crippen molar-refractivity contribution < 1.29 is 9.53 Å². The quantitative estimate of drug-likeness (QED) is 0.499. The molecule has 0 heterocycles. The van der Waals surface area contributed by atoms with Gasteiger partial charge in [-0.25, -0.2) is 0 Å². The minimum absolute atomic E-state index is 0.119. The molecule has 0 aromatic carbocycles. The summed E-state index contributed by atoms with van der Waals surface area (Å²) in [5.74, 6) is 0.652. The molecule has 0 aromatic rings. The molecule has 0 aromatic heterocycles. The van der Waals surface area contributed by atoms with Crippen molar-refractivity contribution in [3.05, 3.63) is 0 Å². The van der Waals surface area contributed by atoms with Crippen LogP contribution in [-0.4, -0.2) is 25.7 Å². The van der Waals surface area contributed by atoms with Gasteiger partial charge in [0.1, 0.15) is 0 Å². The number of carbonyl (C=O) groups is 1. The Morgan fingerprint density at radius 1 is 1.40 bits per heavy atom. The summed E-state index contributed by atoms with van der Waals surface area (Å²) in [5.41, 5.74) is 0. The van der Waals surface area contributed by atoms with E-state index in [4.69, 9.17) is 0 Å². The maximum Gasteiger partial charge on any atom is 0.305 e. The Morgan fingerprint density at radius 3 is 2.60 bits per heavy atom. The van der Waals surface area contributed by atoms with Crippen LogP contribution in [0.5, 0.6) is 0 Å². The second-order valence-electron chi connectivity index (χ2n) is 4.28. The zero-order valence-electron chi connectivity index (χ0n) is 10.5. The van der Waals surface area contributed by atoms with Crippen LogP contribution in [0.3, 0.4) is 0 Å². The predicted molar refractivity (Wildman–Crippen MR) is 62.8 cm³/mol. The summed E-state index contributed by atoms with van der Waals surface area (Å²) in [7, 11) is 1.43. The van der Waals surface area contributed by atoms with Crippen LogP contribution in [0.15, 0.2) is 0 Å². The number of ether oxygens (including phenoxy) is 1. The molecule has 0 radical (unpaired) electrons. The van der Waals surface area contributed by atoms with Crippen molar-refractivity contribution in [1.82, 2.24) is 5.32 Å². The molecule has 0 aliphatic carbocycles. The SMILES string of the molecule is CCC(C)CC(C)NCCCC(=O)OC. The minimum atomic E-state index is -0.119. The Bertz CT molecular complexity index is 171. The fourth-order valence-corrected chi connectivity index (χ4v) is 1.54. The van der Waals surface area contributed by atoms with Crippen LogP contribution < -0.4 is 5.32 Å². The van der Waals surface area contributed by atoms with Crippen molar-refractivity contribution in [2.75, 3.05) is 13.7 Å². The summed E-state index contributed by atoms with van der Waals surface area (Å²) in [6, 6.07) is 0.539. The van der Waals surface area contributed by atoms with Gasteiger partial charge in [0.25, 0.3) is 0 Å². The lowest BCUT2D eigenvalue weighted by molar-refractivity contribution is -0.140. The highest BCUT2D eigenvalue weighted by molar-refractivity contribution is 5.69. The van der Waals surface area contributed by atoms with Gasteiger partial charge in [0.2, 0.25) is 0 Å². The Kier molecular flexibility index (Phi) is 8.38. The van der Waals surface area contributed by atoms with Gasteiger partial charge in [-0.05, 0) is 32.2 Å². The average Bonchev–Trinajstić information content (AvgIpc) is 2.23. The first kappa shape index (κ1) is 14.4. The molecule has 3 heteroatoms. The molecule has 2 atom stereocenters. The number of nitrogens with one attached hydrogen (secondary N) is 1. The van der Waals surface area contributed by atoms with E-state index in [-0.39, 0.29) is 5.97 Å². The Morgan fingerprint density at radius 2 is 2.07 bits per heavy atom. The predicted octanol–water partition coefficient (Wildman–Crippen LogP) is 2.35. The topological polar surface area (TPSA) is 38.3 Å². The van der Waals surface area contributed by atoms with Crippen molar-refractivity contribution in [3.8, 4) is 0 Å². The lowest BCUT2D eigenvalue weighted by atomic mass is 10.0. The van der Waals surface area contributed by atoms with Crippen molar-refractivity contribution in [3.63, 3.8) is 0 Å². The molecular weight excluding hydrogens is 190 g/mol. The van der Waals surface area contributed by atoms with Crippen LogP contribution in [0.2, 0.25) is 0 Å². The first-order valence-electron chi connectivity index (χ1n) is 5.90. The molecule has 0 aliphatic rings. The number of esters is 1. The molecule has 1 N–H and O–H groups in total. The number of methoxy groups -OCH3 is 1. The molecule has 15 heavy (non-hydrogen) atoms. The fourth-order valence-electron chi connectivity index (χ4n) is 1.54. The summed E-state index contributed by atoms with van der Waals surface area (Å²) in [5, 5.41) is 3.42. The van der Waals surface area contributed by atoms with E-state index in [9.17, 15) is 4.79 Å². The molecule has 0 amide bonds. The lowest BCUT2D eigenvalue weighted by Crippen LogP contribution is -2.29. The molecule has 0 fully saturated rings. The summed E-state index contributed by atoms with van der Waals surface area (Å²) in [4.78, 5) is 10.8. The third-order valence-corrected chi connectivity index (χ3v) is 2.73. The van der Waals surface area contributed by atoms with Crippen LogP contribution in [0, 0.1) is 5.92 Å². The van der Waals surface area contributed by atoms with E-state index in [2.05, 4.69) is 30.8 Å². The lowest BCUT2D eigenvalue weighted by Gasteiger charge is -2.17. The van der Waals surface area contributed by atoms with Gasteiger partial charge in [0.05, 0.1) is 7.11 Å². The highest BCUT2D eigenvalue weighted by Gasteiger charge is 2.06. The normalized spacial score (nSPS) is 14.7. The van der Waals surface area contributed by atoms with Crippen molar-refractivity contribution in [2.45, 2.75) is 52.5 Å². The number of hydrogen-bond donors (Lipinski definition) is 1. The van der Waals surface area contributed by atoms with E-state index in [1.165, 1.54) is 20.0 Å². The van der Waals surface area contributed by atoms with E-state index in [1.807, 2.05) is 0 Å². The van der Waals surface area contributed by atoms with Crippen molar-refractivity contribution in [2.24, 2.45) is 5.92 Å². The number of rotatable bonds is 8. The van der Waals surface area contributed by atoms with E-state index >= 15 is 0 Å². The van der Waals surface area contributed by atoms with Gasteiger partial charge < -0.3 is 10.1 Å². The van der Waals surface area contributed by atoms with Gasteiger partial charge >= 0.3 is 5.97 Å². The third-order valence-electron chi connectivity index (χ3n) is 2.73. The van der Waals surface area contributed by atoms with Crippen molar-refractivity contribution in [1.29, 1.82) is 0 Å². The van der Waals surface area contributed by atoms with E-state index in [0.29, 0.717) is 12.5 Å². The zero-order valence-corrected chi connectivity index (χ0v) is 10.5. The molecule has 0 saturated heterocycles. The summed E-state index contributed by atoms with van der Waals surface area (Å²) < 4.78 is 4.57. The Balaban J connectivity index is 3.38. The average molecular weight is 215 g/mol. The molecule has 0 bridgehead atoms. The molecular formula is C12H25NO2. The maximum absolute atomic E-state index is 10.8. The summed E-state index contributed by atoms with van der Waals surface area (Å²) >= 11 is 0. The third kappa shape index (κ3) is 8.43.